The van der Waals surface area contributed by atoms with Crippen LogP contribution in [0, 0.1) is 6.92 Å². The number of rotatable bonds is 3. The van der Waals surface area contributed by atoms with E-state index in [2.05, 4.69) is 41.1 Å². The van der Waals surface area contributed by atoms with Crippen molar-refractivity contribution >= 4 is 39.1 Å². The molecule has 4 heteroatoms. The Morgan fingerprint density at radius 3 is 2.47 bits per heavy atom. The first kappa shape index (κ1) is 14.9. The van der Waals surface area contributed by atoms with Gasteiger partial charge in [-0.2, -0.15) is 0 Å². The molecule has 0 aliphatic rings. The summed E-state index contributed by atoms with van der Waals surface area (Å²) in [6.45, 7) is 2.05. The summed E-state index contributed by atoms with van der Waals surface area (Å²) in [5.41, 5.74) is 9.62. The molecule has 0 aromatic heterocycles. The number of hydrogen-bond donors (Lipinski definition) is 1. The maximum absolute atomic E-state index is 6.24. The molecule has 1 unspecified atom stereocenters. The van der Waals surface area contributed by atoms with Crippen molar-refractivity contribution in [2.45, 2.75) is 19.4 Å². The van der Waals surface area contributed by atoms with Crippen molar-refractivity contribution in [3.8, 4) is 0 Å². The molecule has 0 fully saturated rings. The molecule has 2 rings (SSSR count). The van der Waals surface area contributed by atoms with Gasteiger partial charge in [0.1, 0.15) is 0 Å². The number of nitrogens with two attached hydrogens (primary N) is 1. The van der Waals surface area contributed by atoms with Gasteiger partial charge in [0.05, 0.1) is 10.0 Å². The Hall–Kier alpha value is -0.540. The van der Waals surface area contributed by atoms with Gasteiger partial charge in [0.25, 0.3) is 0 Å². The summed E-state index contributed by atoms with van der Waals surface area (Å²) >= 11 is 15.4. The molecule has 0 amide bonds. The Morgan fingerprint density at radius 2 is 1.84 bits per heavy atom. The second kappa shape index (κ2) is 6.27. The standard InChI is InChI=1S/C15H14BrCl2N/c1-9-2-4-11(8-12(9)16)15(19)7-10-3-5-13(17)14(18)6-10/h2-6,8,15H,7,19H2,1H3. The monoisotopic (exact) mass is 357 g/mol. The van der Waals surface area contributed by atoms with Crippen LogP contribution >= 0.6 is 39.1 Å². The molecule has 19 heavy (non-hydrogen) atoms. The fourth-order valence-electron chi connectivity index (χ4n) is 1.88. The van der Waals surface area contributed by atoms with Crippen LogP contribution in [0.25, 0.3) is 0 Å². The van der Waals surface area contributed by atoms with Crippen molar-refractivity contribution in [3.63, 3.8) is 0 Å². The second-order valence-electron chi connectivity index (χ2n) is 4.57. The van der Waals surface area contributed by atoms with Crippen LogP contribution in [0.3, 0.4) is 0 Å². The lowest BCUT2D eigenvalue weighted by molar-refractivity contribution is 0.721. The lowest BCUT2D eigenvalue weighted by atomic mass is 9.99. The van der Waals surface area contributed by atoms with Gasteiger partial charge in [0, 0.05) is 10.5 Å². The minimum atomic E-state index is -0.0610. The number of benzene rings is 2. The Labute approximate surface area is 131 Å². The van der Waals surface area contributed by atoms with Crippen LogP contribution in [-0.2, 0) is 6.42 Å². The molecule has 0 saturated heterocycles. The first-order valence-electron chi connectivity index (χ1n) is 5.93. The normalized spacial score (nSPS) is 12.5. The van der Waals surface area contributed by atoms with Gasteiger partial charge in [-0.3, -0.25) is 0 Å². The quantitative estimate of drug-likeness (QED) is 0.790. The van der Waals surface area contributed by atoms with E-state index in [1.807, 2.05) is 12.1 Å². The summed E-state index contributed by atoms with van der Waals surface area (Å²) in [6, 6.07) is 11.8. The predicted molar refractivity (Wildman–Crippen MR) is 86.0 cm³/mol. The smallest absolute Gasteiger partial charge is 0.0595 e. The topological polar surface area (TPSA) is 26.0 Å². The Kier molecular flexibility index (Phi) is 4.91. The Balaban J connectivity index is 2.17. The summed E-state index contributed by atoms with van der Waals surface area (Å²) in [4.78, 5) is 0. The van der Waals surface area contributed by atoms with Gasteiger partial charge in [0.15, 0.2) is 0 Å². The van der Waals surface area contributed by atoms with Gasteiger partial charge in [-0.1, -0.05) is 57.3 Å². The minimum absolute atomic E-state index is 0.0610. The Bertz CT molecular complexity index is 599. The number of hydrogen-bond acceptors (Lipinski definition) is 1. The molecule has 2 aromatic carbocycles. The highest BCUT2D eigenvalue weighted by molar-refractivity contribution is 9.10. The highest BCUT2D eigenvalue weighted by Gasteiger charge is 2.09. The van der Waals surface area contributed by atoms with Crippen LogP contribution in [-0.4, -0.2) is 0 Å². The van der Waals surface area contributed by atoms with Gasteiger partial charge < -0.3 is 5.73 Å². The van der Waals surface area contributed by atoms with Gasteiger partial charge in [-0.25, -0.2) is 0 Å². The van der Waals surface area contributed by atoms with Gasteiger partial charge in [-0.15, -0.1) is 0 Å². The number of aryl methyl sites for hydroxylation is 1. The molecular weight excluding hydrogens is 345 g/mol. The van der Waals surface area contributed by atoms with E-state index >= 15 is 0 Å². The highest BCUT2D eigenvalue weighted by Crippen LogP contribution is 2.26. The number of halogens is 3. The zero-order valence-electron chi connectivity index (χ0n) is 10.5. The van der Waals surface area contributed by atoms with E-state index in [0.717, 1.165) is 22.0 Å². The van der Waals surface area contributed by atoms with Crippen LogP contribution in [0.5, 0.6) is 0 Å². The lowest BCUT2D eigenvalue weighted by Gasteiger charge is -2.14. The SMILES string of the molecule is Cc1ccc(C(N)Cc2ccc(Cl)c(Cl)c2)cc1Br. The third-order valence-electron chi connectivity index (χ3n) is 3.06. The van der Waals surface area contributed by atoms with E-state index in [1.54, 1.807) is 6.07 Å². The third kappa shape index (κ3) is 3.73. The molecule has 100 valence electrons. The summed E-state index contributed by atoms with van der Waals surface area (Å²) in [6.07, 6.45) is 0.729. The second-order valence-corrected chi connectivity index (χ2v) is 6.24. The largest absolute Gasteiger partial charge is 0.324 e. The molecule has 0 spiro atoms. The van der Waals surface area contributed by atoms with E-state index in [1.165, 1.54) is 5.56 Å². The molecule has 0 bridgehead atoms. The van der Waals surface area contributed by atoms with Crippen LogP contribution in [0.15, 0.2) is 40.9 Å². The first-order valence-corrected chi connectivity index (χ1v) is 7.48. The van der Waals surface area contributed by atoms with Crippen LogP contribution in [0.4, 0.5) is 0 Å². The maximum Gasteiger partial charge on any atom is 0.0595 e. The van der Waals surface area contributed by atoms with Crippen molar-refractivity contribution in [2.75, 3.05) is 0 Å². The van der Waals surface area contributed by atoms with Gasteiger partial charge in [0.2, 0.25) is 0 Å². The highest BCUT2D eigenvalue weighted by atomic mass is 79.9. The predicted octanol–water partition coefficient (Wildman–Crippen LogP) is 5.31. The molecular formula is C15H14BrCl2N. The molecule has 0 aliphatic heterocycles. The van der Waals surface area contributed by atoms with E-state index in [9.17, 15) is 0 Å². The van der Waals surface area contributed by atoms with Crippen molar-refractivity contribution in [1.82, 2.24) is 0 Å². The van der Waals surface area contributed by atoms with E-state index < -0.39 is 0 Å². The summed E-state index contributed by atoms with van der Waals surface area (Å²) < 4.78 is 1.08. The molecule has 0 aliphatic carbocycles. The van der Waals surface area contributed by atoms with Crippen LogP contribution in [0.1, 0.15) is 22.7 Å². The van der Waals surface area contributed by atoms with Crippen molar-refractivity contribution in [1.29, 1.82) is 0 Å². The average molecular weight is 359 g/mol. The summed E-state index contributed by atoms with van der Waals surface area (Å²) in [5.74, 6) is 0. The van der Waals surface area contributed by atoms with E-state index in [-0.39, 0.29) is 6.04 Å². The summed E-state index contributed by atoms with van der Waals surface area (Å²) in [5, 5.41) is 1.13. The molecule has 2 aromatic rings. The maximum atomic E-state index is 6.24. The zero-order valence-corrected chi connectivity index (χ0v) is 13.6. The van der Waals surface area contributed by atoms with E-state index in [4.69, 9.17) is 28.9 Å². The van der Waals surface area contributed by atoms with Crippen LogP contribution < -0.4 is 5.73 Å². The van der Waals surface area contributed by atoms with Gasteiger partial charge in [-0.05, 0) is 48.2 Å². The molecule has 1 atom stereocenters. The molecule has 0 radical (unpaired) electrons. The zero-order chi connectivity index (χ0) is 14.0. The lowest BCUT2D eigenvalue weighted by Crippen LogP contribution is -2.13. The van der Waals surface area contributed by atoms with Crippen LogP contribution in [0.2, 0.25) is 10.0 Å². The average Bonchev–Trinajstić information content (AvgIpc) is 2.37. The summed E-state index contributed by atoms with van der Waals surface area (Å²) in [7, 11) is 0. The van der Waals surface area contributed by atoms with Crippen molar-refractivity contribution in [2.24, 2.45) is 5.73 Å². The van der Waals surface area contributed by atoms with Gasteiger partial charge >= 0.3 is 0 Å². The van der Waals surface area contributed by atoms with Crippen molar-refractivity contribution < 1.29 is 0 Å². The third-order valence-corrected chi connectivity index (χ3v) is 4.66. The first-order chi connectivity index (χ1) is 8.97. The van der Waals surface area contributed by atoms with E-state index in [0.29, 0.717) is 10.0 Å². The fourth-order valence-corrected chi connectivity index (χ4v) is 2.60. The molecule has 0 saturated carbocycles. The fraction of sp³-hybridized carbons (Fsp3) is 0.200. The van der Waals surface area contributed by atoms with Crippen molar-refractivity contribution in [3.05, 3.63) is 67.6 Å². The Morgan fingerprint density at radius 1 is 1.11 bits per heavy atom. The molecule has 2 N–H and O–H groups in total. The molecule has 1 nitrogen and oxygen atoms in total. The molecule has 0 heterocycles. The minimum Gasteiger partial charge on any atom is -0.324 e.